The minimum absolute atomic E-state index is 0.0861. The van der Waals surface area contributed by atoms with Crippen LogP contribution in [0.4, 0.5) is 10.2 Å². The average molecular weight is 316 g/mol. The molecule has 1 aromatic carbocycles. The van der Waals surface area contributed by atoms with Gasteiger partial charge in [-0.1, -0.05) is 0 Å². The number of anilines is 1. The van der Waals surface area contributed by atoms with Crippen molar-refractivity contribution in [2.45, 2.75) is 32.9 Å². The van der Waals surface area contributed by atoms with Crippen molar-refractivity contribution in [3.05, 3.63) is 30.3 Å². The van der Waals surface area contributed by atoms with E-state index in [0.29, 0.717) is 21.9 Å². The first-order valence-electron chi connectivity index (χ1n) is 7.16. The number of nitrogens with two attached hydrogens (primary N) is 1. The lowest BCUT2D eigenvalue weighted by Gasteiger charge is -2.20. The van der Waals surface area contributed by atoms with Gasteiger partial charge in [0.25, 0.3) is 0 Å². The first-order valence-corrected chi connectivity index (χ1v) is 7.16. The number of carbonyl (C=O) groups excluding carboxylic acids is 1. The number of nitrogen functional groups attached to an aromatic ring is 1. The van der Waals surface area contributed by atoms with Crippen LogP contribution in [0.15, 0.2) is 24.5 Å². The van der Waals surface area contributed by atoms with E-state index in [4.69, 9.17) is 10.5 Å². The van der Waals surface area contributed by atoms with Crippen molar-refractivity contribution in [3.8, 4) is 0 Å². The van der Waals surface area contributed by atoms with Gasteiger partial charge < -0.3 is 15.0 Å². The van der Waals surface area contributed by atoms with Crippen molar-refractivity contribution in [3.63, 3.8) is 0 Å². The summed E-state index contributed by atoms with van der Waals surface area (Å²) in [6.07, 6.45) is 1.32. The molecule has 2 heterocycles. The molecule has 6 nitrogen and oxygen atoms in total. The molecular formula is C16H17FN4O2. The number of benzene rings is 1. The van der Waals surface area contributed by atoms with Crippen molar-refractivity contribution in [1.82, 2.24) is 14.5 Å². The molecule has 7 heteroatoms. The molecule has 0 aliphatic rings. The molecule has 0 unspecified atom stereocenters. The van der Waals surface area contributed by atoms with E-state index in [9.17, 15) is 9.18 Å². The summed E-state index contributed by atoms with van der Waals surface area (Å²) in [6.45, 7) is 5.28. The van der Waals surface area contributed by atoms with E-state index >= 15 is 0 Å². The Hall–Kier alpha value is -2.70. The first kappa shape index (κ1) is 15.2. The summed E-state index contributed by atoms with van der Waals surface area (Å²) >= 11 is 0. The second-order valence-corrected chi connectivity index (χ2v) is 6.29. The number of ether oxygens (including phenoxy) is 1. The first-order chi connectivity index (χ1) is 10.8. The largest absolute Gasteiger partial charge is 0.459 e. The van der Waals surface area contributed by atoms with Crippen LogP contribution in [-0.4, -0.2) is 26.1 Å². The van der Waals surface area contributed by atoms with E-state index in [0.717, 1.165) is 0 Å². The zero-order valence-corrected chi connectivity index (χ0v) is 13.1. The van der Waals surface area contributed by atoms with Crippen molar-refractivity contribution in [2.75, 3.05) is 5.73 Å². The quantitative estimate of drug-likeness (QED) is 0.735. The summed E-state index contributed by atoms with van der Waals surface area (Å²) in [6, 6.07) is 4.30. The predicted octanol–water partition coefficient (Wildman–Crippen LogP) is 2.65. The fourth-order valence-electron chi connectivity index (χ4n) is 2.57. The molecule has 120 valence electrons. The molecular weight excluding hydrogens is 299 g/mol. The molecule has 0 bridgehead atoms. The van der Waals surface area contributed by atoms with Gasteiger partial charge in [0.2, 0.25) is 0 Å². The summed E-state index contributed by atoms with van der Waals surface area (Å²) in [5, 5.41) is 1.30. The van der Waals surface area contributed by atoms with Crippen molar-refractivity contribution >= 4 is 33.7 Å². The maximum atomic E-state index is 13.7. The van der Waals surface area contributed by atoms with Crippen LogP contribution in [0.25, 0.3) is 21.9 Å². The fraction of sp³-hybridized carbons (Fsp3) is 0.312. The van der Waals surface area contributed by atoms with Gasteiger partial charge >= 0.3 is 5.97 Å². The van der Waals surface area contributed by atoms with Crippen LogP contribution in [0.2, 0.25) is 0 Å². The third-order valence-electron chi connectivity index (χ3n) is 3.34. The molecule has 3 aromatic rings. The van der Waals surface area contributed by atoms with Crippen LogP contribution in [-0.2, 0) is 16.1 Å². The standard InChI is InChI=1S/C16H17FN4O2/c1-16(2,3)23-12(22)7-21-11-6-9(17)4-5-10(11)13-14(18)19-8-20-15(13)21/h4-6,8H,7H2,1-3H3,(H2,18,19,20). The second-order valence-electron chi connectivity index (χ2n) is 6.29. The van der Waals surface area contributed by atoms with Gasteiger partial charge in [0, 0.05) is 5.39 Å². The summed E-state index contributed by atoms with van der Waals surface area (Å²) < 4.78 is 20.6. The highest BCUT2D eigenvalue weighted by atomic mass is 19.1. The van der Waals surface area contributed by atoms with Gasteiger partial charge in [0.15, 0.2) is 0 Å². The number of carbonyl (C=O) groups is 1. The number of nitrogens with zero attached hydrogens (tertiary/aromatic N) is 3. The van der Waals surface area contributed by atoms with E-state index < -0.39 is 17.4 Å². The average Bonchev–Trinajstić information content (AvgIpc) is 2.72. The third kappa shape index (κ3) is 2.81. The number of esters is 1. The van der Waals surface area contributed by atoms with Crippen LogP contribution in [0.3, 0.4) is 0 Å². The Kier molecular flexibility index (Phi) is 3.43. The Morgan fingerprint density at radius 3 is 2.78 bits per heavy atom. The number of hydrogen-bond acceptors (Lipinski definition) is 5. The zero-order chi connectivity index (χ0) is 16.8. The number of fused-ring (bicyclic) bond motifs is 3. The highest BCUT2D eigenvalue weighted by Crippen LogP contribution is 2.31. The van der Waals surface area contributed by atoms with Crippen molar-refractivity contribution < 1.29 is 13.9 Å². The Morgan fingerprint density at radius 2 is 2.09 bits per heavy atom. The fourth-order valence-corrected chi connectivity index (χ4v) is 2.57. The molecule has 2 aromatic heterocycles. The highest BCUT2D eigenvalue weighted by Gasteiger charge is 2.21. The lowest BCUT2D eigenvalue weighted by atomic mass is 10.2. The van der Waals surface area contributed by atoms with E-state index in [1.165, 1.54) is 18.5 Å². The SMILES string of the molecule is CC(C)(C)OC(=O)Cn1c2cc(F)ccc2c2c(N)ncnc21. The van der Waals surface area contributed by atoms with Crippen LogP contribution in [0.5, 0.6) is 0 Å². The van der Waals surface area contributed by atoms with Gasteiger partial charge in [-0.15, -0.1) is 0 Å². The molecule has 0 saturated heterocycles. The number of rotatable bonds is 2. The molecule has 0 spiro atoms. The Labute approximate surface area is 132 Å². The maximum Gasteiger partial charge on any atom is 0.326 e. The van der Waals surface area contributed by atoms with Gasteiger partial charge in [0.1, 0.15) is 35.8 Å². The molecule has 0 radical (unpaired) electrons. The van der Waals surface area contributed by atoms with Crippen LogP contribution in [0, 0.1) is 5.82 Å². The van der Waals surface area contributed by atoms with E-state index in [1.807, 2.05) is 0 Å². The van der Waals surface area contributed by atoms with Crippen LogP contribution >= 0.6 is 0 Å². The van der Waals surface area contributed by atoms with Gasteiger partial charge in [-0.05, 0) is 39.0 Å². The monoisotopic (exact) mass is 316 g/mol. The third-order valence-corrected chi connectivity index (χ3v) is 3.34. The Bertz CT molecular complexity index is 912. The predicted molar refractivity (Wildman–Crippen MR) is 85.2 cm³/mol. The lowest BCUT2D eigenvalue weighted by molar-refractivity contribution is -0.155. The summed E-state index contributed by atoms with van der Waals surface area (Å²) in [4.78, 5) is 20.3. The minimum atomic E-state index is -0.602. The summed E-state index contributed by atoms with van der Waals surface area (Å²) in [5.74, 6) is -0.551. The molecule has 3 rings (SSSR count). The van der Waals surface area contributed by atoms with E-state index in [1.54, 1.807) is 31.4 Å². The van der Waals surface area contributed by atoms with Crippen LogP contribution < -0.4 is 5.73 Å². The van der Waals surface area contributed by atoms with E-state index in [-0.39, 0.29) is 12.4 Å². The topological polar surface area (TPSA) is 83.0 Å². The normalized spacial score (nSPS) is 12.0. The van der Waals surface area contributed by atoms with Gasteiger partial charge in [-0.3, -0.25) is 4.79 Å². The number of hydrogen-bond donors (Lipinski definition) is 1. The summed E-state index contributed by atoms with van der Waals surface area (Å²) in [7, 11) is 0. The number of aromatic nitrogens is 3. The molecule has 0 aliphatic heterocycles. The molecule has 0 atom stereocenters. The van der Waals surface area contributed by atoms with E-state index in [2.05, 4.69) is 9.97 Å². The molecule has 2 N–H and O–H groups in total. The van der Waals surface area contributed by atoms with Gasteiger partial charge in [-0.2, -0.15) is 0 Å². The maximum absolute atomic E-state index is 13.7. The molecule has 0 saturated carbocycles. The molecule has 23 heavy (non-hydrogen) atoms. The summed E-state index contributed by atoms with van der Waals surface area (Å²) in [5.41, 5.74) is 6.33. The van der Waals surface area contributed by atoms with Gasteiger partial charge in [-0.25, -0.2) is 14.4 Å². The zero-order valence-electron chi connectivity index (χ0n) is 13.1. The number of halogens is 1. The van der Waals surface area contributed by atoms with Crippen molar-refractivity contribution in [1.29, 1.82) is 0 Å². The smallest absolute Gasteiger partial charge is 0.326 e. The Balaban J connectivity index is 2.19. The highest BCUT2D eigenvalue weighted by molar-refractivity contribution is 6.11. The molecule has 0 aliphatic carbocycles. The molecule has 0 fully saturated rings. The minimum Gasteiger partial charge on any atom is -0.459 e. The van der Waals surface area contributed by atoms with Crippen LogP contribution in [0.1, 0.15) is 20.8 Å². The second kappa shape index (κ2) is 5.19. The molecule has 0 amide bonds. The van der Waals surface area contributed by atoms with Gasteiger partial charge in [0.05, 0.1) is 10.9 Å². The lowest BCUT2D eigenvalue weighted by Crippen LogP contribution is -2.26. The van der Waals surface area contributed by atoms with Crippen molar-refractivity contribution in [2.24, 2.45) is 0 Å². The Morgan fingerprint density at radius 1 is 1.35 bits per heavy atom.